The molecule has 0 saturated heterocycles. The Labute approximate surface area is 95.0 Å². The Morgan fingerprint density at radius 2 is 2.31 bits per heavy atom. The van der Waals surface area contributed by atoms with E-state index in [1.54, 1.807) is 12.2 Å². The van der Waals surface area contributed by atoms with Crippen LogP contribution in [0.1, 0.15) is 12.5 Å². The molecule has 0 radical (unpaired) electrons. The quantitative estimate of drug-likeness (QED) is 0.725. The second-order valence-corrected chi connectivity index (χ2v) is 3.19. The Balaban J connectivity index is 2.67. The first-order chi connectivity index (χ1) is 7.76. The van der Waals surface area contributed by atoms with E-state index >= 15 is 0 Å². The third-order valence-electron chi connectivity index (χ3n) is 1.90. The first kappa shape index (κ1) is 12.3. The molecule has 0 saturated carbocycles. The number of hydrogen-bond donors (Lipinski definition) is 3. The molecule has 4 nitrogen and oxygen atoms in total. The third kappa shape index (κ3) is 4.14. The predicted octanol–water partition coefficient (Wildman–Crippen LogP) is 1.83. The van der Waals surface area contributed by atoms with E-state index in [-0.39, 0.29) is 12.6 Å². The highest BCUT2D eigenvalue weighted by molar-refractivity contribution is 5.89. The molecule has 0 fully saturated rings. The van der Waals surface area contributed by atoms with Crippen molar-refractivity contribution in [3.8, 4) is 0 Å². The molecule has 0 aliphatic heterocycles. The van der Waals surface area contributed by atoms with Crippen molar-refractivity contribution in [2.75, 3.05) is 18.5 Å². The number of rotatable bonds is 4. The van der Waals surface area contributed by atoms with Crippen LogP contribution in [0.5, 0.6) is 0 Å². The summed E-state index contributed by atoms with van der Waals surface area (Å²) in [6.07, 6.45) is 3.44. The summed E-state index contributed by atoms with van der Waals surface area (Å²) >= 11 is 0. The van der Waals surface area contributed by atoms with Crippen molar-refractivity contribution in [2.45, 2.75) is 6.92 Å². The molecule has 0 spiro atoms. The lowest BCUT2D eigenvalue weighted by molar-refractivity contribution is 0.252. The van der Waals surface area contributed by atoms with Gasteiger partial charge in [-0.15, -0.1) is 0 Å². The molecule has 1 aromatic carbocycles. The van der Waals surface area contributed by atoms with Gasteiger partial charge in [0.2, 0.25) is 0 Å². The van der Waals surface area contributed by atoms with Crippen LogP contribution in [0.15, 0.2) is 30.3 Å². The number of amides is 2. The Hall–Kier alpha value is -1.81. The first-order valence-electron chi connectivity index (χ1n) is 5.18. The highest BCUT2D eigenvalue weighted by Crippen LogP contribution is 2.11. The van der Waals surface area contributed by atoms with Crippen molar-refractivity contribution in [1.29, 1.82) is 0 Å². The molecular weight excluding hydrogens is 204 g/mol. The lowest BCUT2D eigenvalue weighted by Gasteiger charge is -2.06. The second-order valence-electron chi connectivity index (χ2n) is 3.19. The van der Waals surface area contributed by atoms with Crippen molar-refractivity contribution in [2.24, 2.45) is 0 Å². The molecule has 0 aromatic heterocycles. The van der Waals surface area contributed by atoms with Crippen LogP contribution < -0.4 is 10.6 Å². The van der Waals surface area contributed by atoms with Gasteiger partial charge in [0.15, 0.2) is 0 Å². The summed E-state index contributed by atoms with van der Waals surface area (Å²) in [5, 5.41) is 14.0. The summed E-state index contributed by atoms with van der Waals surface area (Å²) in [5.41, 5.74) is 1.66. The topological polar surface area (TPSA) is 61.4 Å². The Bertz CT molecular complexity index is 375. The van der Waals surface area contributed by atoms with Crippen LogP contribution in [0.4, 0.5) is 10.5 Å². The van der Waals surface area contributed by atoms with Crippen LogP contribution >= 0.6 is 0 Å². The average molecular weight is 220 g/mol. The van der Waals surface area contributed by atoms with Gasteiger partial charge in [-0.3, -0.25) is 0 Å². The van der Waals surface area contributed by atoms with Crippen LogP contribution in [-0.2, 0) is 0 Å². The van der Waals surface area contributed by atoms with Crippen LogP contribution in [0.2, 0.25) is 0 Å². The van der Waals surface area contributed by atoms with Crippen LogP contribution in [0.3, 0.4) is 0 Å². The van der Waals surface area contributed by atoms with Gasteiger partial charge in [-0.1, -0.05) is 24.3 Å². The lowest BCUT2D eigenvalue weighted by atomic mass is 10.2. The monoisotopic (exact) mass is 220 g/mol. The third-order valence-corrected chi connectivity index (χ3v) is 1.90. The number of anilines is 1. The summed E-state index contributed by atoms with van der Waals surface area (Å²) in [4.78, 5) is 11.3. The Morgan fingerprint density at radius 3 is 3.00 bits per heavy atom. The summed E-state index contributed by atoms with van der Waals surface area (Å²) < 4.78 is 0. The van der Waals surface area contributed by atoms with Crippen LogP contribution in [0.25, 0.3) is 6.08 Å². The van der Waals surface area contributed by atoms with Gasteiger partial charge in [0.05, 0.1) is 6.61 Å². The van der Waals surface area contributed by atoms with E-state index in [0.717, 1.165) is 11.3 Å². The number of aliphatic hydroxyl groups excluding tert-OH is 1. The number of carbonyl (C=O) groups is 1. The SMILES string of the molecule is CCNC(=O)Nc1cccc(C=CCO)c1. The number of hydrogen-bond acceptors (Lipinski definition) is 2. The Kier molecular flexibility index (Phi) is 5.08. The van der Waals surface area contributed by atoms with Gasteiger partial charge in [0.25, 0.3) is 0 Å². The standard InChI is InChI=1S/C12H16N2O2/c1-2-13-12(16)14-11-7-3-5-10(9-11)6-4-8-15/h3-7,9,15H,2,8H2,1H3,(H2,13,14,16). The zero-order chi connectivity index (χ0) is 11.8. The summed E-state index contributed by atoms with van der Waals surface area (Å²) in [5.74, 6) is 0. The lowest BCUT2D eigenvalue weighted by Crippen LogP contribution is -2.28. The molecule has 0 heterocycles. The van der Waals surface area contributed by atoms with Crippen LogP contribution in [-0.4, -0.2) is 24.3 Å². The van der Waals surface area contributed by atoms with Gasteiger partial charge >= 0.3 is 6.03 Å². The van der Waals surface area contributed by atoms with Gasteiger partial charge in [0.1, 0.15) is 0 Å². The van der Waals surface area contributed by atoms with Crippen molar-refractivity contribution in [1.82, 2.24) is 5.32 Å². The highest BCUT2D eigenvalue weighted by atomic mass is 16.2. The fourth-order valence-electron chi connectivity index (χ4n) is 1.24. The molecule has 3 N–H and O–H groups in total. The van der Waals surface area contributed by atoms with E-state index in [1.807, 2.05) is 31.2 Å². The minimum absolute atomic E-state index is 0.00791. The zero-order valence-electron chi connectivity index (χ0n) is 9.23. The van der Waals surface area contributed by atoms with E-state index in [4.69, 9.17) is 5.11 Å². The summed E-state index contributed by atoms with van der Waals surface area (Å²) in [7, 11) is 0. The average Bonchev–Trinajstić information content (AvgIpc) is 2.27. The first-order valence-corrected chi connectivity index (χ1v) is 5.18. The number of benzene rings is 1. The Morgan fingerprint density at radius 1 is 1.50 bits per heavy atom. The molecule has 4 heteroatoms. The predicted molar refractivity (Wildman–Crippen MR) is 65.3 cm³/mol. The van der Waals surface area contributed by atoms with E-state index in [1.165, 1.54) is 0 Å². The maximum Gasteiger partial charge on any atom is 0.319 e. The molecule has 0 unspecified atom stereocenters. The van der Waals surface area contributed by atoms with Crippen molar-refractivity contribution < 1.29 is 9.90 Å². The van der Waals surface area contributed by atoms with Crippen molar-refractivity contribution in [3.05, 3.63) is 35.9 Å². The van der Waals surface area contributed by atoms with Gasteiger partial charge in [-0.2, -0.15) is 0 Å². The molecule has 1 rings (SSSR count). The molecule has 0 aliphatic rings. The van der Waals surface area contributed by atoms with Gasteiger partial charge in [-0.25, -0.2) is 4.79 Å². The van der Waals surface area contributed by atoms with E-state index in [9.17, 15) is 4.79 Å². The minimum Gasteiger partial charge on any atom is -0.392 e. The highest BCUT2D eigenvalue weighted by Gasteiger charge is 1.99. The van der Waals surface area contributed by atoms with E-state index < -0.39 is 0 Å². The molecule has 2 amide bonds. The molecule has 16 heavy (non-hydrogen) atoms. The molecule has 86 valence electrons. The van der Waals surface area contributed by atoms with E-state index in [2.05, 4.69) is 10.6 Å². The van der Waals surface area contributed by atoms with Gasteiger partial charge in [0, 0.05) is 12.2 Å². The fourth-order valence-corrected chi connectivity index (χ4v) is 1.24. The zero-order valence-corrected chi connectivity index (χ0v) is 9.23. The van der Waals surface area contributed by atoms with Gasteiger partial charge < -0.3 is 15.7 Å². The molecule has 0 bridgehead atoms. The number of carbonyl (C=O) groups excluding carboxylic acids is 1. The fraction of sp³-hybridized carbons (Fsp3) is 0.250. The van der Waals surface area contributed by atoms with Crippen molar-refractivity contribution >= 4 is 17.8 Å². The van der Waals surface area contributed by atoms with E-state index in [0.29, 0.717) is 6.54 Å². The van der Waals surface area contributed by atoms with Crippen LogP contribution in [0, 0.1) is 0 Å². The minimum atomic E-state index is -0.217. The number of nitrogens with one attached hydrogen (secondary N) is 2. The number of aliphatic hydroxyl groups is 1. The molecule has 0 aliphatic carbocycles. The molecule has 0 atom stereocenters. The number of urea groups is 1. The smallest absolute Gasteiger partial charge is 0.319 e. The summed E-state index contributed by atoms with van der Waals surface area (Å²) in [6.45, 7) is 2.46. The largest absolute Gasteiger partial charge is 0.392 e. The maximum atomic E-state index is 11.3. The van der Waals surface area contributed by atoms with Gasteiger partial charge in [-0.05, 0) is 24.6 Å². The molecule has 1 aromatic rings. The molecular formula is C12H16N2O2. The second kappa shape index (κ2) is 6.63. The normalized spacial score (nSPS) is 10.4. The summed E-state index contributed by atoms with van der Waals surface area (Å²) in [6, 6.07) is 7.17. The van der Waals surface area contributed by atoms with Crippen molar-refractivity contribution in [3.63, 3.8) is 0 Å². The maximum absolute atomic E-state index is 11.3.